The third kappa shape index (κ3) is 4.92. The van der Waals surface area contributed by atoms with Crippen molar-refractivity contribution in [2.24, 2.45) is 0 Å². The van der Waals surface area contributed by atoms with Gasteiger partial charge in [-0.1, -0.05) is 96.2 Å². The van der Waals surface area contributed by atoms with E-state index in [1.807, 2.05) is 54.6 Å². The molecule has 0 saturated carbocycles. The summed E-state index contributed by atoms with van der Waals surface area (Å²) in [4.78, 5) is 19.1. The average molecular weight is 600 g/mol. The molecule has 0 radical (unpaired) electrons. The maximum absolute atomic E-state index is 12.9. The zero-order valence-corrected chi connectivity index (χ0v) is 24.4. The second kappa shape index (κ2) is 11.3. The van der Waals surface area contributed by atoms with Crippen LogP contribution in [-0.2, 0) is 22.6 Å². The van der Waals surface area contributed by atoms with E-state index in [2.05, 4.69) is 45.5 Å². The van der Waals surface area contributed by atoms with E-state index in [0.29, 0.717) is 13.1 Å². The first-order valence-electron chi connectivity index (χ1n) is 14.0. The zero-order chi connectivity index (χ0) is 28.7. The summed E-state index contributed by atoms with van der Waals surface area (Å²) in [6.07, 6.45) is 1.99. The number of hydrogen-bond acceptors (Lipinski definition) is 7. The third-order valence-electron chi connectivity index (χ3n) is 8.33. The molecule has 4 aromatic rings. The van der Waals surface area contributed by atoms with Crippen molar-refractivity contribution in [1.29, 1.82) is 0 Å². The Morgan fingerprint density at radius 3 is 2.48 bits per heavy atom. The second-order valence-corrected chi connectivity index (χ2v) is 12.6. The molecule has 3 aliphatic rings. The van der Waals surface area contributed by atoms with Gasteiger partial charge in [-0.05, 0) is 39.9 Å². The molecule has 7 rings (SSSR count). The van der Waals surface area contributed by atoms with Gasteiger partial charge in [-0.15, -0.1) is 0 Å². The van der Waals surface area contributed by atoms with E-state index in [1.165, 1.54) is 34.0 Å². The van der Waals surface area contributed by atoms with Crippen LogP contribution in [0.3, 0.4) is 0 Å². The Morgan fingerprint density at radius 2 is 1.71 bits per heavy atom. The highest BCUT2D eigenvalue weighted by Crippen LogP contribution is 2.53. The second-order valence-electron chi connectivity index (χ2n) is 10.8. The van der Waals surface area contributed by atoms with Gasteiger partial charge < -0.3 is 24.8 Å². The Bertz CT molecular complexity index is 1590. The van der Waals surface area contributed by atoms with Crippen molar-refractivity contribution in [1.82, 2.24) is 10.3 Å². The summed E-state index contributed by atoms with van der Waals surface area (Å²) in [5.74, 6) is 0.00961. The Labute approximate surface area is 253 Å². The number of alkyl halides is 1. The molecule has 2 bridgehead atoms. The van der Waals surface area contributed by atoms with Crippen LogP contribution in [0.4, 0.5) is 10.5 Å². The van der Waals surface area contributed by atoms with Crippen molar-refractivity contribution >= 4 is 35.1 Å². The van der Waals surface area contributed by atoms with Gasteiger partial charge in [-0.2, -0.15) is 0 Å². The van der Waals surface area contributed by atoms with Gasteiger partial charge in [-0.3, -0.25) is 0 Å². The Morgan fingerprint density at radius 1 is 1.02 bits per heavy atom. The minimum atomic E-state index is -0.581. The lowest BCUT2D eigenvalue weighted by molar-refractivity contribution is 0.0493. The lowest BCUT2D eigenvalue weighted by Gasteiger charge is -2.37. The Kier molecular flexibility index (Phi) is 7.32. The molecule has 1 amide bonds. The molecule has 3 atom stereocenters. The van der Waals surface area contributed by atoms with Crippen molar-refractivity contribution in [2.75, 3.05) is 18.1 Å². The van der Waals surface area contributed by atoms with Crippen molar-refractivity contribution in [2.45, 2.75) is 47.1 Å². The van der Waals surface area contributed by atoms with Gasteiger partial charge in [-0.25, -0.2) is 9.78 Å². The number of halogens is 1. The van der Waals surface area contributed by atoms with E-state index < -0.39 is 16.6 Å². The number of thioether (sulfide) groups is 1. The number of anilines is 1. The zero-order valence-electron chi connectivity index (χ0n) is 22.8. The number of rotatable bonds is 8. The van der Waals surface area contributed by atoms with E-state index in [1.54, 1.807) is 6.20 Å². The molecule has 3 heterocycles. The molecule has 2 N–H and O–H groups in total. The van der Waals surface area contributed by atoms with Crippen LogP contribution in [0.1, 0.15) is 34.6 Å². The fourth-order valence-corrected chi connectivity index (χ4v) is 8.19. The smallest absolute Gasteiger partial charge is 0.407 e. The van der Waals surface area contributed by atoms with Gasteiger partial charge in [0.15, 0.2) is 5.56 Å². The van der Waals surface area contributed by atoms with Crippen LogP contribution in [0, 0.1) is 0 Å². The fraction of sp³-hybridized carbons (Fsp3) is 0.273. The number of carbonyl (C=O) groups is 1. The number of hydrogen-bond donors (Lipinski definition) is 2. The van der Waals surface area contributed by atoms with E-state index in [9.17, 15) is 9.90 Å². The molecule has 42 heavy (non-hydrogen) atoms. The number of aromatic nitrogens is 1. The van der Waals surface area contributed by atoms with Crippen molar-refractivity contribution in [3.05, 3.63) is 113 Å². The number of alkyl carbamates (subject to hydrolysis) is 1. The van der Waals surface area contributed by atoms with E-state index in [0.717, 1.165) is 28.3 Å². The molecule has 1 aromatic heterocycles. The number of amides is 1. The molecule has 2 fully saturated rings. The SMILES string of the molecule is O=C(NCc1ccccc1N1CC2(Sc3ncccc3CO)CC1C(Cl)O2)OCC1c2ccccc2-c2ccccc21. The number of ether oxygens (including phenoxy) is 2. The average Bonchev–Trinajstić information content (AvgIpc) is 3.66. The van der Waals surface area contributed by atoms with Crippen LogP contribution >= 0.6 is 23.4 Å². The van der Waals surface area contributed by atoms with Crippen LogP contribution < -0.4 is 10.2 Å². The summed E-state index contributed by atoms with van der Waals surface area (Å²) in [5.41, 5.74) is 7.01. The first-order valence-corrected chi connectivity index (χ1v) is 15.3. The molecule has 2 saturated heterocycles. The van der Waals surface area contributed by atoms with E-state index in [4.69, 9.17) is 21.1 Å². The standard InChI is InChI=1S/C33H30ClN3O4S/c34-30-29-16-33(41-30,42-31-22(18-38)9-7-15-35-31)20-37(29)28-14-6-1-8-21(28)17-36-32(39)40-19-27-25-12-4-2-10-23(25)24-11-3-5-13-26(24)27/h1-15,27,29-30,38H,16-20H2,(H,36,39). The maximum Gasteiger partial charge on any atom is 0.407 e. The van der Waals surface area contributed by atoms with Gasteiger partial charge in [0, 0.05) is 36.3 Å². The van der Waals surface area contributed by atoms with Gasteiger partial charge >= 0.3 is 6.09 Å². The lowest BCUT2D eigenvalue weighted by Crippen LogP contribution is -2.45. The number of aliphatic hydroxyl groups excluding tert-OH is 1. The predicted molar refractivity (Wildman–Crippen MR) is 164 cm³/mol. The molecule has 1 aliphatic carbocycles. The van der Waals surface area contributed by atoms with Crippen LogP contribution in [0.15, 0.2) is 96.2 Å². The molecule has 9 heteroatoms. The van der Waals surface area contributed by atoms with Gasteiger partial charge in [0.1, 0.15) is 16.6 Å². The van der Waals surface area contributed by atoms with Crippen LogP contribution in [0.2, 0.25) is 0 Å². The number of aliphatic hydroxyl groups is 1. The Balaban J connectivity index is 1.03. The number of fused-ring (bicyclic) bond motifs is 5. The monoisotopic (exact) mass is 599 g/mol. The van der Waals surface area contributed by atoms with Crippen LogP contribution in [-0.4, -0.2) is 45.9 Å². The number of benzene rings is 3. The fourth-order valence-electron chi connectivity index (χ4n) is 6.41. The molecule has 0 spiro atoms. The van der Waals surface area contributed by atoms with Gasteiger partial charge in [0.25, 0.3) is 0 Å². The first-order chi connectivity index (χ1) is 20.5. The predicted octanol–water partition coefficient (Wildman–Crippen LogP) is 6.28. The highest BCUT2D eigenvalue weighted by atomic mass is 35.5. The summed E-state index contributed by atoms with van der Waals surface area (Å²) >= 11 is 8.22. The normalized spacial score (nSPS) is 22.2. The minimum Gasteiger partial charge on any atom is -0.449 e. The molecule has 214 valence electrons. The van der Waals surface area contributed by atoms with Crippen LogP contribution in [0.25, 0.3) is 11.1 Å². The molecular weight excluding hydrogens is 570 g/mol. The largest absolute Gasteiger partial charge is 0.449 e. The number of pyridine rings is 1. The molecular formula is C33H30ClN3O4S. The number of nitrogens with zero attached hydrogens (tertiary/aromatic N) is 2. The topological polar surface area (TPSA) is 83.9 Å². The summed E-state index contributed by atoms with van der Waals surface area (Å²) in [5, 5.41) is 13.5. The number of nitrogens with one attached hydrogen (secondary N) is 1. The lowest BCUT2D eigenvalue weighted by atomic mass is 9.98. The third-order valence-corrected chi connectivity index (χ3v) is 10.0. The molecule has 7 nitrogen and oxygen atoms in total. The number of para-hydroxylation sites is 1. The van der Waals surface area contributed by atoms with E-state index >= 15 is 0 Å². The molecule has 3 aromatic carbocycles. The first kappa shape index (κ1) is 27.3. The number of carbonyl (C=O) groups excluding carboxylic acids is 1. The Hall–Kier alpha value is -3.56. The summed E-state index contributed by atoms with van der Waals surface area (Å²) < 4.78 is 12.0. The molecule has 3 unspecified atom stereocenters. The van der Waals surface area contributed by atoms with Gasteiger partial charge in [0.2, 0.25) is 0 Å². The quantitative estimate of drug-likeness (QED) is 0.231. The summed E-state index contributed by atoms with van der Waals surface area (Å²) in [7, 11) is 0. The molecule has 2 aliphatic heterocycles. The van der Waals surface area contributed by atoms with Crippen molar-refractivity contribution in [3.8, 4) is 11.1 Å². The minimum absolute atomic E-state index is 0.00961. The van der Waals surface area contributed by atoms with Crippen molar-refractivity contribution in [3.63, 3.8) is 0 Å². The van der Waals surface area contributed by atoms with Crippen LogP contribution in [0.5, 0.6) is 0 Å². The highest BCUT2D eigenvalue weighted by Gasteiger charge is 2.57. The van der Waals surface area contributed by atoms with E-state index in [-0.39, 0.29) is 25.2 Å². The number of morpholine rings is 1. The van der Waals surface area contributed by atoms with Crippen molar-refractivity contribution < 1.29 is 19.4 Å². The summed E-state index contributed by atoms with van der Waals surface area (Å²) in [6, 6.07) is 28.3. The highest BCUT2D eigenvalue weighted by molar-refractivity contribution is 8.00. The maximum atomic E-state index is 12.9. The van der Waals surface area contributed by atoms with Gasteiger partial charge in [0.05, 0.1) is 19.2 Å². The summed E-state index contributed by atoms with van der Waals surface area (Å²) in [6.45, 7) is 1.10.